The average Bonchev–Trinajstić information content (AvgIpc) is 2.46. The molecule has 0 spiro atoms. The second-order valence-corrected chi connectivity index (χ2v) is 8.46. The molecule has 3 N–H and O–H groups in total. The van der Waals surface area contributed by atoms with Crippen LogP contribution in [0.4, 0.5) is 0 Å². The first-order chi connectivity index (χ1) is 10.9. The zero-order valence-electron chi connectivity index (χ0n) is 14.0. The molecule has 0 aliphatic heterocycles. The van der Waals surface area contributed by atoms with E-state index < -0.39 is 28.1 Å². The lowest BCUT2D eigenvalue weighted by Crippen LogP contribution is -2.49. The summed E-state index contributed by atoms with van der Waals surface area (Å²) in [5.74, 6) is -1.25. The van der Waals surface area contributed by atoms with Crippen molar-refractivity contribution in [3.05, 3.63) is 0 Å². The number of aliphatic carboxylic acids is 1. The summed E-state index contributed by atoms with van der Waals surface area (Å²) in [6.07, 6.45) is 6.96. The molecule has 0 amide bonds. The van der Waals surface area contributed by atoms with Gasteiger partial charge in [-0.3, -0.25) is 4.79 Å². The lowest BCUT2D eigenvalue weighted by Gasteiger charge is -2.34. The molecule has 0 aromatic carbocycles. The van der Waals surface area contributed by atoms with Crippen molar-refractivity contribution < 1.29 is 23.4 Å². The van der Waals surface area contributed by atoms with Gasteiger partial charge in [-0.1, -0.05) is 45.4 Å². The Balaban J connectivity index is 2.38. The minimum Gasteiger partial charge on any atom is -0.481 e. The smallest absolute Gasteiger partial charge is 0.303 e. The Morgan fingerprint density at radius 3 is 2.43 bits per heavy atom. The maximum absolute atomic E-state index is 12.1. The molecule has 7 heteroatoms. The van der Waals surface area contributed by atoms with Crippen LogP contribution >= 0.6 is 0 Å². The highest BCUT2D eigenvalue weighted by Crippen LogP contribution is 2.28. The van der Waals surface area contributed by atoms with Crippen molar-refractivity contribution in [1.29, 1.82) is 0 Å². The highest BCUT2D eigenvalue weighted by atomic mass is 32.2. The number of aliphatic hydroxyl groups is 1. The summed E-state index contributed by atoms with van der Waals surface area (Å²) >= 11 is 0. The summed E-state index contributed by atoms with van der Waals surface area (Å²) in [5, 5.41) is 19.1. The van der Waals surface area contributed by atoms with Crippen molar-refractivity contribution in [3.8, 4) is 0 Å². The van der Waals surface area contributed by atoms with Gasteiger partial charge in [-0.05, 0) is 25.2 Å². The van der Waals surface area contributed by atoms with Crippen molar-refractivity contribution in [1.82, 2.24) is 4.72 Å². The highest BCUT2D eigenvalue weighted by Gasteiger charge is 2.35. The Kier molecular flexibility index (Phi) is 9.09. The molecule has 0 aromatic heterocycles. The van der Waals surface area contributed by atoms with Crippen molar-refractivity contribution in [2.45, 2.75) is 83.3 Å². The number of carboxylic acid groups (broad SMARTS) is 1. The Hall–Kier alpha value is -0.660. The topological polar surface area (TPSA) is 104 Å². The van der Waals surface area contributed by atoms with E-state index in [1.165, 1.54) is 6.42 Å². The number of sulfonamides is 1. The van der Waals surface area contributed by atoms with Crippen LogP contribution in [0.15, 0.2) is 0 Å². The van der Waals surface area contributed by atoms with E-state index in [0.29, 0.717) is 19.3 Å². The van der Waals surface area contributed by atoms with Crippen LogP contribution in [0, 0.1) is 5.92 Å². The number of rotatable bonds is 11. The van der Waals surface area contributed by atoms with Gasteiger partial charge in [-0.2, -0.15) is 0 Å². The predicted molar refractivity (Wildman–Crippen MR) is 89.7 cm³/mol. The molecule has 136 valence electrons. The normalized spacial score (nSPS) is 25.4. The summed E-state index contributed by atoms with van der Waals surface area (Å²) in [4.78, 5) is 10.8. The van der Waals surface area contributed by atoms with E-state index in [-0.39, 0.29) is 18.1 Å². The molecule has 0 radical (unpaired) electrons. The van der Waals surface area contributed by atoms with Crippen LogP contribution in [-0.2, 0) is 14.8 Å². The predicted octanol–water partition coefficient (Wildman–Crippen LogP) is 2.27. The van der Waals surface area contributed by atoms with Crippen molar-refractivity contribution >= 4 is 16.0 Å². The molecule has 0 saturated heterocycles. The third kappa shape index (κ3) is 8.13. The molecule has 0 bridgehead atoms. The first-order valence-electron chi connectivity index (χ1n) is 8.75. The maximum atomic E-state index is 12.1. The molecule has 0 heterocycles. The number of hydrogen-bond acceptors (Lipinski definition) is 4. The van der Waals surface area contributed by atoms with E-state index in [2.05, 4.69) is 11.6 Å². The van der Waals surface area contributed by atoms with Gasteiger partial charge < -0.3 is 10.2 Å². The van der Waals surface area contributed by atoms with E-state index in [1.807, 2.05) is 0 Å². The Morgan fingerprint density at radius 1 is 1.13 bits per heavy atom. The van der Waals surface area contributed by atoms with E-state index in [9.17, 15) is 18.3 Å². The molecule has 1 aliphatic rings. The first-order valence-corrected chi connectivity index (χ1v) is 10.4. The molecule has 1 rings (SSSR count). The number of unbranched alkanes of at least 4 members (excludes halogenated alkanes) is 5. The number of carboxylic acids is 1. The Morgan fingerprint density at radius 2 is 1.78 bits per heavy atom. The highest BCUT2D eigenvalue weighted by molar-refractivity contribution is 7.89. The van der Waals surface area contributed by atoms with Crippen LogP contribution in [0.3, 0.4) is 0 Å². The molecule has 6 nitrogen and oxygen atoms in total. The minimum absolute atomic E-state index is 0.0753. The summed E-state index contributed by atoms with van der Waals surface area (Å²) in [6.45, 7) is 2.14. The van der Waals surface area contributed by atoms with Gasteiger partial charge in [0, 0.05) is 6.04 Å². The van der Waals surface area contributed by atoms with Crippen molar-refractivity contribution in [2.75, 3.05) is 5.75 Å². The van der Waals surface area contributed by atoms with Gasteiger partial charge in [0.25, 0.3) is 0 Å². The molecule has 1 fully saturated rings. The Labute approximate surface area is 139 Å². The summed E-state index contributed by atoms with van der Waals surface area (Å²) in [7, 11) is -3.42. The fraction of sp³-hybridized carbons (Fsp3) is 0.938. The summed E-state index contributed by atoms with van der Waals surface area (Å²) in [6, 6.07) is -0.557. The van der Waals surface area contributed by atoms with E-state index in [4.69, 9.17) is 5.11 Å². The number of aliphatic hydroxyl groups excluding tert-OH is 1. The van der Waals surface area contributed by atoms with Crippen molar-refractivity contribution in [2.24, 2.45) is 5.92 Å². The zero-order chi connectivity index (χ0) is 17.3. The minimum atomic E-state index is -3.42. The third-order valence-corrected chi connectivity index (χ3v) is 6.01. The van der Waals surface area contributed by atoms with Gasteiger partial charge in [-0.25, -0.2) is 13.1 Å². The standard InChI is InChI=1S/C16H31NO5S/c1-2-3-4-5-6-7-11-23(21,22)17-14-10-8-9-13(16(14)20)12-15(18)19/h13-14,16-17,20H,2-12H2,1H3,(H,18,19)/t13-,14+,16+/m1/s1. The van der Waals surface area contributed by atoms with E-state index in [1.54, 1.807) is 0 Å². The molecular weight excluding hydrogens is 318 g/mol. The van der Waals surface area contributed by atoms with Crippen LogP contribution in [0.1, 0.15) is 71.1 Å². The lowest BCUT2D eigenvalue weighted by molar-refractivity contribution is -0.139. The first kappa shape index (κ1) is 20.4. The quantitative estimate of drug-likeness (QED) is 0.496. The van der Waals surface area contributed by atoms with Gasteiger partial charge in [-0.15, -0.1) is 0 Å². The SMILES string of the molecule is CCCCCCCCS(=O)(=O)N[C@H]1CCC[C@H](CC(=O)O)[C@@H]1O. The second-order valence-electron chi connectivity index (χ2n) is 6.59. The lowest BCUT2D eigenvalue weighted by atomic mass is 9.81. The molecule has 0 unspecified atom stereocenters. The Bertz CT molecular complexity index is 451. The number of carbonyl (C=O) groups is 1. The monoisotopic (exact) mass is 349 g/mol. The largest absolute Gasteiger partial charge is 0.481 e. The number of hydrogen-bond donors (Lipinski definition) is 3. The van der Waals surface area contributed by atoms with Crippen LogP contribution < -0.4 is 4.72 Å². The average molecular weight is 349 g/mol. The molecule has 0 aromatic rings. The van der Waals surface area contributed by atoms with E-state index in [0.717, 1.165) is 32.1 Å². The van der Waals surface area contributed by atoms with E-state index >= 15 is 0 Å². The van der Waals surface area contributed by atoms with Gasteiger partial charge in [0.05, 0.1) is 18.3 Å². The van der Waals surface area contributed by atoms with Crippen LogP contribution in [0.2, 0.25) is 0 Å². The summed E-state index contributed by atoms with van der Waals surface area (Å²) < 4.78 is 26.8. The number of nitrogens with one attached hydrogen (secondary N) is 1. The fourth-order valence-electron chi connectivity index (χ4n) is 3.21. The van der Waals surface area contributed by atoms with Crippen LogP contribution in [0.25, 0.3) is 0 Å². The molecule has 1 aliphatic carbocycles. The maximum Gasteiger partial charge on any atom is 0.303 e. The van der Waals surface area contributed by atoms with Gasteiger partial charge >= 0.3 is 5.97 Å². The fourth-order valence-corrected chi connectivity index (χ4v) is 4.63. The molecule has 1 saturated carbocycles. The molecule has 3 atom stereocenters. The summed E-state index contributed by atoms with van der Waals surface area (Å²) in [5.41, 5.74) is 0. The van der Waals surface area contributed by atoms with Crippen LogP contribution in [0.5, 0.6) is 0 Å². The van der Waals surface area contributed by atoms with Crippen molar-refractivity contribution in [3.63, 3.8) is 0 Å². The molecular formula is C16H31NO5S. The molecule has 23 heavy (non-hydrogen) atoms. The third-order valence-electron chi connectivity index (χ3n) is 4.52. The van der Waals surface area contributed by atoms with Gasteiger partial charge in [0.2, 0.25) is 10.0 Å². The zero-order valence-corrected chi connectivity index (χ0v) is 14.9. The van der Waals surface area contributed by atoms with Gasteiger partial charge in [0.15, 0.2) is 0 Å². The van der Waals surface area contributed by atoms with Gasteiger partial charge in [0.1, 0.15) is 0 Å². The second kappa shape index (κ2) is 10.3. The van der Waals surface area contributed by atoms with Crippen LogP contribution in [-0.4, -0.2) is 42.5 Å².